The van der Waals surface area contributed by atoms with Gasteiger partial charge in [0.05, 0.1) is 27.6 Å². The lowest BCUT2D eigenvalue weighted by Crippen LogP contribution is -2.10. The van der Waals surface area contributed by atoms with Crippen molar-refractivity contribution in [2.45, 2.75) is 6.92 Å². The summed E-state index contributed by atoms with van der Waals surface area (Å²) < 4.78 is 7.16. The third kappa shape index (κ3) is 5.68. The molecule has 0 atom stereocenters. The van der Waals surface area contributed by atoms with Crippen LogP contribution in [-0.2, 0) is 0 Å². The molecule has 4 heteroatoms. The van der Waals surface area contributed by atoms with Gasteiger partial charge in [-0.3, -0.25) is 0 Å². The van der Waals surface area contributed by atoms with E-state index < -0.39 is 0 Å². The lowest BCUT2D eigenvalue weighted by atomic mass is 10.1. The molecule has 0 saturated carbocycles. The van der Waals surface area contributed by atoms with E-state index in [2.05, 4.69) is 250 Å². The van der Waals surface area contributed by atoms with Gasteiger partial charge in [-0.15, -0.1) is 0 Å². The predicted molar refractivity (Wildman–Crippen MR) is 257 cm³/mol. The van der Waals surface area contributed by atoms with E-state index in [1.807, 2.05) is 0 Å². The molecular weight excluding hydrogens is 741 g/mol. The van der Waals surface area contributed by atoms with Gasteiger partial charge in [-0.05, 0) is 115 Å². The molecule has 0 amide bonds. The molecule has 0 bridgehead atoms. The van der Waals surface area contributed by atoms with Crippen LogP contribution < -0.4 is 4.90 Å². The Morgan fingerprint density at radius 3 is 1.69 bits per heavy atom. The summed E-state index contributed by atoms with van der Waals surface area (Å²) in [5.74, 6) is 0. The Morgan fingerprint density at radius 1 is 0.328 bits per heavy atom. The average Bonchev–Trinajstić information content (AvgIpc) is 4.01. The van der Waals surface area contributed by atoms with Crippen LogP contribution in [0.4, 0.5) is 17.1 Å². The van der Waals surface area contributed by atoms with Crippen molar-refractivity contribution in [2.75, 3.05) is 4.90 Å². The number of aromatic nitrogens is 3. The monoisotopic (exact) mass is 780 g/mol. The maximum Gasteiger partial charge on any atom is 0.0635 e. The van der Waals surface area contributed by atoms with Crippen molar-refractivity contribution in [3.63, 3.8) is 0 Å². The minimum absolute atomic E-state index is 1.08. The van der Waals surface area contributed by atoms with Crippen molar-refractivity contribution in [1.29, 1.82) is 0 Å². The van der Waals surface area contributed by atoms with Gasteiger partial charge in [0.25, 0.3) is 0 Å². The number of nitrogens with zero attached hydrogens (tertiary/aromatic N) is 4. The van der Waals surface area contributed by atoms with Crippen LogP contribution in [0.15, 0.2) is 225 Å². The van der Waals surface area contributed by atoms with Gasteiger partial charge >= 0.3 is 0 Å². The zero-order valence-corrected chi connectivity index (χ0v) is 33.7. The molecule has 3 heterocycles. The maximum atomic E-state index is 2.46. The minimum atomic E-state index is 1.08. The van der Waals surface area contributed by atoms with Crippen LogP contribution in [0.25, 0.3) is 82.7 Å². The Balaban J connectivity index is 1.02. The van der Waals surface area contributed by atoms with Gasteiger partial charge in [0.1, 0.15) is 0 Å². The molecule has 0 unspecified atom stereocenters. The maximum absolute atomic E-state index is 2.46. The van der Waals surface area contributed by atoms with Gasteiger partial charge in [-0.2, -0.15) is 0 Å². The first-order valence-corrected chi connectivity index (χ1v) is 20.9. The van der Waals surface area contributed by atoms with Gasteiger partial charge in [0, 0.05) is 67.3 Å². The van der Waals surface area contributed by atoms with Crippen molar-refractivity contribution in [3.8, 4) is 28.2 Å². The van der Waals surface area contributed by atoms with Crippen molar-refractivity contribution in [2.24, 2.45) is 0 Å². The predicted octanol–water partition coefficient (Wildman–Crippen LogP) is 15.3. The molecule has 61 heavy (non-hydrogen) atoms. The number of hydrogen-bond acceptors (Lipinski definition) is 1. The molecule has 0 spiro atoms. The number of benzene rings is 9. The largest absolute Gasteiger partial charge is 0.316 e. The third-order valence-electron chi connectivity index (χ3n) is 12.3. The molecule has 4 nitrogen and oxygen atoms in total. The van der Waals surface area contributed by atoms with Gasteiger partial charge in [-0.25, -0.2) is 0 Å². The van der Waals surface area contributed by atoms with E-state index in [0.29, 0.717) is 0 Å². The highest BCUT2D eigenvalue weighted by atomic mass is 15.1. The zero-order chi connectivity index (χ0) is 40.4. The molecule has 12 rings (SSSR count). The Hall–Kier alpha value is -8.08. The van der Waals surface area contributed by atoms with Crippen LogP contribution >= 0.6 is 0 Å². The summed E-state index contributed by atoms with van der Waals surface area (Å²) in [5, 5.41) is 6.13. The number of aryl methyl sites for hydroxylation is 1. The summed E-state index contributed by atoms with van der Waals surface area (Å²) in [6.07, 6.45) is 2.21. The van der Waals surface area contributed by atoms with E-state index in [9.17, 15) is 0 Å². The summed E-state index contributed by atoms with van der Waals surface area (Å²) in [5.41, 5.74) is 16.3. The molecule has 0 saturated heterocycles. The van der Waals surface area contributed by atoms with E-state index in [1.54, 1.807) is 0 Å². The lowest BCUT2D eigenvalue weighted by molar-refractivity contribution is 1.13. The topological polar surface area (TPSA) is 18.0 Å². The molecular formula is C57H40N4. The van der Waals surface area contributed by atoms with E-state index in [-0.39, 0.29) is 0 Å². The van der Waals surface area contributed by atoms with E-state index in [0.717, 1.165) is 34.1 Å². The second-order valence-corrected chi connectivity index (χ2v) is 15.9. The standard InChI is InChI=1S/C57H40N4/c1-39-23-27-44(28-24-39)60-54-21-10-9-20-49(54)52-38-47(31-33-56(52)60)59(43-15-6-3-7-16-43)45-17-12-18-46(37-45)61-55-22-11-8-19-48(55)50-32-34-53-51(57(50)61)35-36-58(53)42-29-25-41(26-30-42)40-13-4-2-5-14-40/h2-38H,1H3. The Morgan fingerprint density at radius 2 is 0.918 bits per heavy atom. The highest BCUT2D eigenvalue weighted by Gasteiger charge is 2.21. The average molecular weight is 781 g/mol. The first-order chi connectivity index (χ1) is 30.2. The first kappa shape index (κ1) is 34.9. The van der Waals surface area contributed by atoms with Gasteiger partial charge in [-0.1, -0.05) is 127 Å². The molecule has 0 aliphatic carbocycles. The fourth-order valence-electron chi connectivity index (χ4n) is 9.48. The van der Waals surface area contributed by atoms with Crippen molar-refractivity contribution >= 4 is 71.6 Å². The van der Waals surface area contributed by atoms with Crippen LogP contribution in [0.5, 0.6) is 0 Å². The van der Waals surface area contributed by atoms with Gasteiger partial charge < -0.3 is 18.6 Å². The Bertz CT molecular complexity index is 3570. The van der Waals surface area contributed by atoms with E-state index >= 15 is 0 Å². The number of hydrogen-bond donors (Lipinski definition) is 0. The van der Waals surface area contributed by atoms with Gasteiger partial charge in [0.2, 0.25) is 0 Å². The van der Waals surface area contributed by atoms with Gasteiger partial charge in [0.15, 0.2) is 0 Å². The summed E-state index contributed by atoms with van der Waals surface area (Å²) in [4.78, 5) is 2.39. The van der Waals surface area contributed by atoms with Crippen LogP contribution in [-0.4, -0.2) is 13.7 Å². The highest BCUT2D eigenvalue weighted by molar-refractivity contribution is 6.18. The minimum Gasteiger partial charge on any atom is -0.316 e. The smallest absolute Gasteiger partial charge is 0.0635 e. The zero-order valence-electron chi connectivity index (χ0n) is 33.7. The molecule has 0 aliphatic rings. The number of rotatable bonds is 7. The molecule has 0 aliphatic heterocycles. The van der Waals surface area contributed by atoms with E-state index in [1.165, 1.54) is 71.2 Å². The molecule has 12 aromatic rings. The van der Waals surface area contributed by atoms with Crippen molar-refractivity contribution in [1.82, 2.24) is 13.7 Å². The fourth-order valence-corrected chi connectivity index (χ4v) is 9.48. The number of anilines is 3. The van der Waals surface area contributed by atoms with Crippen LogP contribution in [0, 0.1) is 6.92 Å². The second-order valence-electron chi connectivity index (χ2n) is 15.9. The SMILES string of the molecule is Cc1ccc(-n2c3ccccc3c3cc(N(c4ccccc4)c4cccc(-n5c6ccccc6c6ccc7c(ccn7-c7ccc(-c8ccccc8)cc7)c65)c4)ccc32)cc1. The molecule has 0 N–H and O–H groups in total. The molecule has 288 valence electrons. The second kappa shape index (κ2) is 14.0. The first-order valence-electron chi connectivity index (χ1n) is 20.9. The third-order valence-corrected chi connectivity index (χ3v) is 12.3. The number of para-hydroxylation sites is 3. The molecule has 9 aromatic carbocycles. The summed E-state index contributed by atoms with van der Waals surface area (Å²) >= 11 is 0. The molecule has 0 radical (unpaired) electrons. The normalized spacial score (nSPS) is 11.7. The van der Waals surface area contributed by atoms with E-state index in [4.69, 9.17) is 0 Å². The Labute approximate surface area is 354 Å². The summed E-state index contributed by atoms with van der Waals surface area (Å²) in [7, 11) is 0. The summed E-state index contributed by atoms with van der Waals surface area (Å²) in [6.45, 7) is 2.14. The number of fused-ring (bicyclic) bond motifs is 8. The quantitative estimate of drug-likeness (QED) is 0.158. The van der Waals surface area contributed by atoms with Crippen LogP contribution in [0.1, 0.15) is 5.56 Å². The molecule has 3 aromatic heterocycles. The lowest BCUT2D eigenvalue weighted by Gasteiger charge is -2.26. The molecule has 0 fully saturated rings. The Kier molecular flexibility index (Phi) is 8.04. The van der Waals surface area contributed by atoms with Crippen molar-refractivity contribution < 1.29 is 0 Å². The van der Waals surface area contributed by atoms with Crippen molar-refractivity contribution in [3.05, 3.63) is 230 Å². The van der Waals surface area contributed by atoms with Crippen LogP contribution in [0.2, 0.25) is 0 Å². The fraction of sp³-hybridized carbons (Fsp3) is 0.0175. The summed E-state index contributed by atoms with van der Waals surface area (Å²) in [6, 6.07) is 79.3. The van der Waals surface area contributed by atoms with Crippen LogP contribution in [0.3, 0.4) is 0 Å². The highest BCUT2D eigenvalue weighted by Crippen LogP contribution is 2.42.